The number of thioether (sulfide) groups is 1. The average Bonchev–Trinajstić information content (AvgIpc) is 3.09. The Labute approximate surface area is 124 Å². The zero-order valence-corrected chi connectivity index (χ0v) is 13.4. The van der Waals surface area contributed by atoms with E-state index in [1.54, 1.807) is 0 Å². The van der Waals surface area contributed by atoms with Gasteiger partial charge in [-0.3, -0.25) is 4.90 Å². The van der Waals surface area contributed by atoms with Crippen molar-refractivity contribution in [2.45, 2.75) is 31.7 Å². The van der Waals surface area contributed by atoms with Crippen molar-refractivity contribution in [2.24, 2.45) is 5.92 Å². The van der Waals surface area contributed by atoms with Gasteiger partial charge in [0.25, 0.3) is 0 Å². The highest BCUT2D eigenvalue weighted by molar-refractivity contribution is 7.99. The minimum atomic E-state index is 0.0195. The van der Waals surface area contributed by atoms with E-state index in [1.807, 2.05) is 11.8 Å². The summed E-state index contributed by atoms with van der Waals surface area (Å²) in [6.45, 7) is 7.58. The number of hydrogen-bond donors (Lipinski definition) is 1. The highest BCUT2D eigenvalue weighted by Gasteiger charge is 2.44. The van der Waals surface area contributed by atoms with Gasteiger partial charge in [0.2, 0.25) is 5.89 Å². The van der Waals surface area contributed by atoms with Crippen molar-refractivity contribution in [3.8, 4) is 0 Å². The molecule has 2 saturated heterocycles. The Balaban J connectivity index is 1.85. The summed E-state index contributed by atoms with van der Waals surface area (Å²) in [5.41, 5.74) is 0.0195. The third kappa shape index (κ3) is 2.38. The first-order valence-electron chi connectivity index (χ1n) is 7.46. The fourth-order valence-electron chi connectivity index (χ4n) is 3.16. The molecule has 1 aromatic rings. The molecule has 0 saturated carbocycles. The highest BCUT2D eigenvalue weighted by Crippen LogP contribution is 2.38. The van der Waals surface area contributed by atoms with Crippen molar-refractivity contribution in [2.75, 3.05) is 38.2 Å². The normalized spacial score (nSPS) is 32.1. The Bertz CT molecular complexity index is 456. The molecule has 0 bridgehead atoms. The van der Waals surface area contributed by atoms with Gasteiger partial charge in [0.05, 0.1) is 11.5 Å². The second kappa shape index (κ2) is 5.66. The van der Waals surface area contributed by atoms with E-state index in [2.05, 4.69) is 36.3 Å². The van der Waals surface area contributed by atoms with Crippen molar-refractivity contribution in [3.05, 3.63) is 11.7 Å². The first kappa shape index (κ1) is 14.4. The van der Waals surface area contributed by atoms with Gasteiger partial charge in [-0.2, -0.15) is 16.7 Å². The second-order valence-corrected chi connectivity index (χ2v) is 7.42. The topological polar surface area (TPSA) is 54.2 Å². The van der Waals surface area contributed by atoms with Crippen LogP contribution in [0.3, 0.4) is 0 Å². The molecule has 2 aliphatic heterocycles. The zero-order chi connectivity index (χ0) is 14.2. The van der Waals surface area contributed by atoms with Gasteiger partial charge in [-0.25, -0.2) is 0 Å². The van der Waals surface area contributed by atoms with Crippen molar-refractivity contribution in [1.82, 2.24) is 20.4 Å². The van der Waals surface area contributed by atoms with Gasteiger partial charge in [-0.1, -0.05) is 19.0 Å². The number of rotatable bonds is 3. The monoisotopic (exact) mass is 296 g/mol. The van der Waals surface area contributed by atoms with Crippen LogP contribution in [-0.4, -0.2) is 53.2 Å². The molecule has 0 aromatic carbocycles. The van der Waals surface area contributed by atoms with Crippen LogP contribution in [0.2, 0.25) is 0 Å². The molecule has 3 rings (SSSR count). The van der Waals surface area contributed by atoms with E-state index in [9.17, 15) is 0 Å². The largest absolute Gasteiger partial charge is 0.339 e. The van der Waals surface area contributed by atoms with E-state index in [0.717, 1.165) is 43.5 Å². The molecular formula is C14H24N4OS. The van der Waals surface area contributed by atoms with E-state index < -0.39 is 0 Å². The molecule has 5 nitrogen and oxygen atoms in total. The smallest absolute Gasteiger partial charge is 0.234 e. The predicted octanol–water partition coefficient (Wildman–Crippen LogP) is 1.68. The molecule has 1 N–H and O–H groups in total. The molecule has 3 heterocycles. The summed E-state index contributed by atoms with van der Waals surface area (Å²) in [4.78, 5) is 7.12. The first-order valence-corrected chi connectivity index (χ1v) is 8.62. The fourth-order valence-corrected chi connectivity index (χ4v) is 4.37. The van der Waals surface area contributed by atoms with E-state index in [1.165, 1.54) is 5.75 Å². The van der Waals surface area contributed by atoms with Crippen LogP contribution in [0.4, 0.5) is 0 Å². The Morgan fingerprint density at radius 1 is 1.50 bits per heavy atom. The maximum Gasteiger partial charge on any atom is 0.234 e. The summed E-state index contributed by atoms with van der Waals surface area (Å²) < 4.78 is 5.68. The van der Waals surface area contributed by atoms with Crippen LogP contribution < -0.4 is 5.32 Å². The molecule has 1 aromatic heterocycles. The van der Waals surface area contributed by atoms with Crippen LogP contribution in [0.25, 0.3) is 0 Å². The maximum absolute atomic E-state index is 5.68. The van der Waals surface area contributed by atoms with E-state index in [-0.39, 0.29) is 5.41 Å². The maximum atomic E-state index is 5.68. The summed E-state index contributed by atoms with van der Waals surface area (Å²) in [5, 5.41) is 7.74. The molecule has 0 spiro atoms. The number of nitrogens with zero attached hydrogens (tertiary/aromatic N) is 3. The van der Waals surface area contributed by atoms with Gasteiger partial charge in [0.1, 0.15) is 0 Å². The Hall–Kier alpha value is -0.590. The summed E-state index contributed by atoms with van der Waals surface area (Å²) in [6.07, 6.45) is 1.08. The Morgan fingerprint density at radius 3 is 3.00 bits per heavy atom. The van der Waals surface area contributed by atoms with Gasteiger partial charge < -0.3 is 9.84 Å². The van der Waals surface area contributed by atoms with E-state index in [4.69, 9.17) is 9.51 Å². The SMILES string of the molecule is CC(C)C1(c2nc(C3CSCCN3C)no2)CCNC1. The molecule has 2 fully saturated rings. The lowest BCUT2D eigenvalue weighted by Crippen LogP contribution is -2.36. The van der Waals surface area contributed by atoms with Crippen molar-refractivity contribution >= 4 is 11.8 Å². The Morgan fingerprint density at radius 2 is 2.35 bits per heavy atom. The second-order valence-electron chi connectivity index (χ2n) is 6.27. The van der Waals surface area contributed by atoms with Crippen molar-refractivity contribution in [3.63, 3.8) is 0 Å². The van der Waals surface area contributed by atoms with Gasteiger partial charge in [-0.05, 0) is 25.9 Å². The van der Waals surface area contributed by atoms with Crippen LogP contribution in [0.5, 0.6) is 0 Å². The Kier molecular flexibility index (Phi) is 4.06. The van der Waals surface area contributed by atoms with E-state index >= 15 is 0 Å². The lowest BCUT2D eigenvalue weighted by Gasteiger charge is -2.30. The lowest BCUT2D eigenvalue weighted by atomic mass is 9.76. The number of nitrogens with one attached hydrogen (secondary N) is 1. The van der Waals surface area contributed by atoms with Crippen LogP contribution in [-0.2, 0) is 5.41 Å². The molecule has 112 valence electrons. The van der Waals surface area contributed by atoms with Gasteiger partial charge in [-0.15, -0.1) is 0 Å². The quantitative estimate of drug-likeness (QED) is 0.916. The van der Waals surface area contributed by atoms with E-state index in [0.29, 0.717) is 12.0 Å². The summed E-state index contributed by atoms with van der Waals surface area (Å²) >= 11 is 1.97. The third-order valence-electron chi connectivity index (χ3n) is 4.86. The van der Waals surface area contributed by atoms with Crippen LogP contribution >= 0.6 is 11.8 Å². The lowest BCUT2D eigenvalue weighted by molar-refractivity contribution is 0.229. The molecule has 0 amide bonds. The van der Waals surface area contributed by atoms with Gasteiger partial charge >= 0.3 is 0 Å². The predicted molar refractivity (Wildman–Crippen MR) is 81.0 cm³/mol. The van der Waals surface area contributed by atoms with Crippen LogP contribution in [0.1, 0.15) is 38.0 Å². The standard InChI is InChI=1S/C14H24N4OS/c1-10(2)14(4-5-15-9-14)13-16-12(17-19-13)11-8-20-7-6-18(11)3/h10-11,15H,4-9H2,1-3H3. The molecule has 20 heavy (non-hydrogen) atoms. The molecule has 2 unspecified atom stereocenters. The summed E-state index contributed by atoms with van der Waals surface area (Å²) in [6, 6.07) is 0.296. The summed E-state index contributed by atoms with van der Waals surface area (Å²) in [5.74, 6) is 4.45. The third-order valence-corrected chi connectivity index (χ3v) is 5.88. The summed E-state index contributed by atoms with van der Waals surface area (Å²) in [7, 11) is 2.15. The zero-order valence-electron chi connectivity index (χ0n) is 12.6. The highest BCUT2D eigenvalue weighted by atomic mass is 32.2. The van der Waals surface area contributed by atoms with Crippen molar-refractivity contribution < 1.29 is 4.52 Å². The van der Waals surface area contributed by atoms with Gasteiger partial charge in [0, 0.05) is 24.6 Å². The molecule has 2 atom stereocenters. The molecule has 2 aliphatic rings. The fraction of sp³-hybridized carbons (Fsp3) is 0.857. The van der Waals surface area contributed by atoms with Gasteiger partial charge in [0.15, 0.2) is 5.82 Å². The minimum Gasteiger partial charge on any atom is -0.339 e. The number of hydrogen-bond acceptors (Lipinski definition) is 6. The molecule has 6 heteroatoms. The first-order chi connectivity index (χ1) is 9.63. The van der Waals surface area contributed by atoms with Crippen molar-refractivity contribution in [1.29, 1.82) is 0 Å². The van der Waals surface area contributed by atoms with Crippen LogP contribution in [0, 0.1) is 5.92 Å². The van der Waals surface area contributed by atoms with Crippen LogP contribution in [0.15, 0.2) is 4.52 Å². The molecular weight excluding hydrogens is 272 g/mol. The minimum absolute atomic E-state index is 0.0195. The molecule has 0 aliphatic carbocycles. The molecule has 0 radical (unpaired) electrons. The number of aromatic nitrogens is 2. The average molecular weight is 296 g/mol.